The predicted octanol–water partition coefficient (Wildman–Crippen LogP) is 2.31. The summed E-state index contributed by atoms with van der Waals surface area (Å²) in [7, 11) is 0. The molecule has 0 spiro atoms. The van der Waals surface area contributed by atoms with Gasteiger partial charge in [0, 0.05) is 0 Å². The van der Waals surface area contributed by atoms with Crippen LogP contribution in [0.25, 0.3) is 5.69 Å². The lowest BCUT2D eigenvalue weighted by atomic mass is 10.2. The van der Waals surface area contributed by atoms with Crippen LogP contribution in [0.1, 0.15) is 11.5 Å². The largest absolute Gasteiger partial charge is 0.465 e. The Morgan fingerprint density at radius 3 is 2.90 bits per heavy atom. The first-order valence-corrected chi connectivity index (χ1v) is 6.04. The van der Waals surface area contributed by atoms with E-state index in [1.54, 1.807) is 12.1 Å². The van der Waals surface area contributed by atoms with Crippen LogP contribution in [0.5, 0.6) is 0 Å². The van der Waals surface area contributed by atoms with E-state index in [2.05, 4.69) is 20.8 Å². The Labute approximate surface area is 114 Å². The average molecular weight is 273 g/mol. The molecule has 0 radical (unpaired) electrons. The van der Waals surface area contributed by atoms with E-state index in [9.17, 15) is 4.39 Å². The topological polar surface area (TPSA) is 68.8 Å². The number of benzene rings is 1. The van der Waals surface area contributed by atoms with Gasteiger partial charge in [0.2, 0.25) is 0 Å². The van der Waals surface area contributed by atoms with Crippen LogP contribution in [-0.4, -0.2) is 20.2 Å². The molecule has 3 rings (SSSR count). The Balaban J connectivity index is 1.80. The molecule has 6 nitrogen and oxygen atoms in total. The molecular weight excluding hydrogens is 261 g/mol. The van der Waals surface area contributed by atoms with E-state index in [-0.39, 0.29) is 5.82 Å². The first kappa shape index (κ1) is 12.3. The number of anilines is 1. The lowest BCUT2D eigenvalue weighted by Crippen LogP contribution is -2.03. The van der Waals surface area contributed by atoms with Crippen LogP contribution in [-0.2, 0) is 6.54 Å². The summed E-state index contributed by atoms with van der Waals surface area (Å²) in [6.45, 7) is 2.27. The summed E-state index contributed by atoms with van der Waals surface area (Å²) in [6.07, 6.45) is 1.45. The SMILES string of the molecule is Cc1ccc(CNc2cc(-n3cnnn3)ccc2F)o1. The number of nitrogens with one attached hydrogen (secondary N) is 1. The van der Waals surface area contributed by atoms with Gasteiger partial charge in [-0.2, -0.15) is 0 Å². The molecule has 2 heterocycles. The van der Waals surface area contributed by atoms with Crippen molar-refractivity contribution in [3.63, 3.8) is 0 Å². The summed E-state index contributed by atoms with van der Waals surface area (Å²) in [4.78, 5) is 0. The summed E-state index contributed by atoms with van der Waals surface area (Å²) >= 11 is 0. The van der Waals surface area contributed by atoms with E-state index in [0.717, 1.165) is 11.5 Å². The summed E-state index contributed by atoms with van der Waals surface area (Å²) in [5.74, 6) is 1.23. The van der Waals surface area contributed by atoms with Gasteiger partial charge in [-0.1, -0.05) is 0 Å². The fraction of sp³-hybridized carbons (Fsp3) is 0.154. The average Bonchev–Trinajstić information content (AvgIpc) is 3.09. The highest BCUT2D eigenvalue weighted by Gasteiger charge is 2.07. The van der Waals surface area contributed by atoms with Crippen LogP contribution in [0.3, 0.4) is 0 Å². The van der Waals surface area contributed by atoms with E-state index >= 15 is 0 Å². The van der Waals surface area contributed by atoms with Crippen molar-refractivity contribution in [1.29, 1.82) is 0 Å². The van der Waals surface area contributed by atoms with Gasteiger partial charge < -0.3 is 9.73 Å². The van der Waals surface area contributed by atoms with Gasteiger partial charge in [0.1, 0.15) is 23.7 Å². The van der Waals surface area contributed by atoms with E-state index in [4.69, 9.17) is 4.42 Å². The third-order valence-electron chi connectivity index (χ3n) is 2.81. The van der Waals surface area contributed by atoms with Crippen LogP contribution >= 0.6 is 0 Å². The lowest BCUT2D eigenvalue weighted by molar-refractivity contribution is 0.490. The summed E-state index contributed by atoms with van der Waals surface area (Å²) in [5, 5.41) is 13.9. The van der Waals surface area contributed by atoms with Crippen LogP contribution in [0.2, 0.25) is 0 Å². The fourth-order valence-electron chi connectivity index (χ4n) is 1.83. The second-order valence-corrected chi connectivity index (χ2v) is 4.28. The van der Waals surface area contributed by atoms with Crippen LogP contribution < -0.4 is 5.32 Å². The van der Waals surface area contributed by atoms with E-state index in [1.165, 1.54) is 17.1 Å². The molecule has 7 heteroatoms. The molecule has 0 aliphatic heterocycles. The number of hydrogen-bond acceptors (Lipinski definition) is 5. The third-order valence-corrected chi connectivity index (χ3v) is 2.81. The molecule has 0 saturated carbocycles. The van der Waals surface area contributed by atoms with Crippen molar-refractivity contribution < 1.29 is 8.81 Å². The number of aromatic nitrogens is 4. The highest BCUT2D eigenvalue weighted by atomic mass is 19.1. The van der Waals surface area contributed by atoms with E-state index < -0.39 is 0 Å². The van der Waals surface area contributed by atoms with Crippen LogP contribution in [0, 0.1) is 12.7 Å². The number of aryl methyl sites for hydroxylation is 1. The highest BCUT2D eigenvalue weighted by Crippen LogP contribution is 2.19. The molecule has 0 atom stereocenters. The molecule has 0 aliphatic rings. The molecule has 0 amide bonds. The number of nitrogens with zero attached hydrogens (tertiary/aromatic N) is 4. The Hall–Kier alpha value is -2.70. The number of rotatable bonds is 4. The Kier molecular flexibility index (Phi) is 3.16. The molecule has 0 saturated heterocycles. The van der Waals surface area contributed by atoms with Crippen molar-refractivity contribution in [1.82, 2.24) is 20.2 Å². The van der Waals surface area contributed by atoms with Crippen molar-refractivity contribution >= 4 is 5.69 Å². The minimum atomic E-state index is -0.342. The lowest BCUT2D eigenvalue weighted by Gasteiger charge is -2.08. The van der Waals surface area contributed by atoms with Gasteiger partial charge in [-0.3, -0.25) is 0 Å². The van der Waals surface area contributed by atoms with Gasteiger partial charge >= 0.3 is 0 Å². The van der Waals surface area contributed by atoms with Crippen molar-refractivity contribution in [3.05, 3.63) is 54.0 Å². The summed E-state index contributed by atoms with van der Waals surface area (Å²) < 4.78 is 20.7. The maximum atomic E-state index is 13.8. The standard InChI is InChI=1S/C13H12FN5O/c1-9-2-4-11(20-9)7-15-13-6-10(3-5-12(13)14)19-8-16-17-18-19/h2-6,8,15H,7H2,1H3. The normalized spacial score (nSPS) is 10.7. The molecule has 0 aliphatic carbocycles. The quantitative estimate of drug-likeness (QED) is 0.790. The molecule has 20 heavy (non-hydrogen) atoms. The van der Waals surface area contributed by atoms with Crippen LogP contribution in [0.15, 0.2) is 41.1 Å². The van der Waals surface area contributed by atoms with Crippen LogP contribution in [0.4, 0.5) is 10.1 Å². The molecule has 2 aromatic heterocycles. The molecular formula is C13H12FN5O. The van der Waals surface area contributed by atoms with Crippen molar-refractivity contribution in [2.45, 2.75) is 13.5 Å². The van der Waals surface area contributed by atoms with Gasteiger partial charge in [0.25, 0.3) is 0 Å². The zero-order valence-electron chi connectivity index (χ0n) is 10.7. The summed E-state index contributed by atoms with van der Waals surface area (Å²) in [6, 6.07) is 8.33. The Bertz CT molecular complexity index is 707. The van der Waals surface area contributed by atoms with Gasteiger partial charge in [-0.15, -0.1) is 5.10 Å². The van der Waals surface area contributed by atoms with Gasteiger partial charge in [0.15, 0.2) is 0 Å². The zero-order valence-corrected chi connectivity index (χ0v) is 10.7. The minimum absolute atomic E-state index is 0.342. The molecule has 102 valence electrons. The van der Waals surface area contributed by atoms with Crippen molar-refractivity contribution in [2.24, 2.45) is 0 Å². The molecule has 3 aromatic rings. The number of hydrogen-bond donors (Lipinski definition) is 1. The number of halogens is 1. The van der Waals surface area contributed by atoms with E-state index in [1.807, 2.05) is 19.1 Å². The van der Waals surface area contributed by atoms with Gasteiger partial charge in [-0.25, -0.2) is 9.07 Å². The third kappa shape index (κ3) is 2.51. The molecule has 1 aromatic carbocycles. The second kappa shape index (κ2) is 5.12. The molecule has 0 unspecified atom stereocenters. The van der Waals surface area contributed by atoms with Crippen molar-refractivity contribution in [2.75, 3.05) is 5.32 Å². The minimum Gasteiger partial charge on any atom is -0.465 e. The maximum Gasteiger partial charge on any atom is 0.146 e. The van der Waals surface area contributed by atoms with Gasteiger partial charge in [-0.05, 0) is 47.7 Å². The number of furan rings is 1. The second-order valence-electron chi connectivity index (χ2n) is 4.28. The molecule has 1 N–H and O–H groups in total. The predicted molar refractivity (Wildman–Crippen MR) is 69.9 cm³/mol. The number of tetrazole rings is 1. The Morgan fingerprint density at radius 1 is 1.30 bits per heavy atom. The summed E-state index contributed by atoms with van der Waals surface area (Å²) in [5.41, 5.74) is 1.04. The monoisotopic (exact) mass is 273 g/mol. The van der Waals surface area contributed by atoms with Crippen molar-refractivity contribution in [3.8, 4) is 5.69 Å². The zero-order chi connectivity index (χ0) is 13.9. The molecule has 0 bridgehead atoms. The first-order chi connectivity index (χ1) is 9.72. The first-order valence-electron chi connectivity index (χ1n) is 6.04. The molecule has 0 fully saturated rings. The highest BCUT2D eigenvalue weighted by molar-refractivity contribution is 5.52. The van der Waals surface area contributed by atoms with Gasteiger partial charge in [0.05, 0.1) is 17.9 Å². The smallest absolute Gasteiger partial charge is 0.146 e. The maximum absolute atomic E-state index is 13.8. The fourth-order valence-corrected chi connectivity index (χ4v) is 1.83. The van der Waals surface area contributed by atoms with E-state index in [0.29, 0.717) is 17.9 Å². The Morgan fingerprint density at radius 2 is 2.20 bits per heavy atom.